The number of amides is 1. The number of anilines is 1. The smallest absolute Gasteiger partial charge is 0.270 e. The van der Waals surface area contributed by atoms with E-state index >= 15 is 0 Å². The summed E-state index contributed by atoms with van der Waals surface area (Å²) >= 11 is 1.50. The number of rotatable bonds is 7. The molecule has 0 saturated carbocycles. The topological polar surface area (TPSA) is 70.6 Å². The number of likely N-dealkylation sites (tertiary alicyclic amines) is 1. The van der Waals surface area contributed by atoms with Gasteiger partial charge in [0.15, 0.2) is 0 Å². The summed E-state index contributed by atoms with van der Waals surface area (Å²) in [4.78, 5) is 26.3. The van der Waals surface area contributed by atoms with Gasteiger partial charge in [-0.2, -0.15) is 0 Å². The van der Waals surface area contributed by atoms with Gasteiger partial charge in [-0.1, -0.05) is 12.8 Å². The summed E-state index contributed by atoms with van der Waals surface area (Å²) < 4.78 is 5.42. The highest BCUT2D eigenvalue weighted by Gasteiger charge is 2.16. The zero-order valence-electron chi connectivity index (χ0n) is 17.5. The van der Waals surface area contributed by atoms with E-state index in [2.05, 4.69) is 25.1 Å². The number of morpholine rings is 1. The van der Waals surface area contributed by atoms with Gasteiger partial charge < -0.3 is 19.9 Å². The molecule has 2 aliphatic rings. The van der Waals surface area contributed by atoms with Crippen molar-refractivity contribution in [1.29, 1.82) is 0 Å². The first-order valence-corrected chi connectivity index (χ1v) is 11.9. The lowest BCUT2D eigenvalue weighted by molar-refractivity contribution is 0.0947. The molecule has 7 nitrogen and oxygen atoms in total. The van der Waals surface area contributed by atoms with Gasteiger partial charge in [0.2, 0.25) is 0 Å². The highest BCUT2D eigenvalue weighted by Crippen LogP contribution is 2.26. The lowest BCUT2D eigenvalue weighted by Crippen LogP contribution is -2.36. The average molecular weight is 430 g/mol. The van der Waals surface area contributed by atoms with E-state index < -0.39 is 0 Å². The van der Waals surface area contributed by atoms with E-state index in [9.17, 15) is 4.79 Å². The molecule has 0 radical (unpaired) electrons. The summed E-state index contributed by atoms with van der Waals surface area (Å²) in [5.41, 5.74) is 1.49. The Bertz CT molecular complexity index is 813. The molecule has 0 spiro atoms. The van der Waals surface area contributed by atoms with Gasteiger partial charge in [-0.3, -0.25) is 4.79 Å². The van der Waals surface area contributed by atoms with Crippen molar-refractivity contribution < 1.29 is 9.53 Å². The summed E-state index contributed by atoms with van der Waals surface area (Å²) in [5.74, 6) is 0.848. The molecule has 0 aliphatic carbocycles. The van der Waals surface area contributed by atoms with Gasteiger partial charge in [0.05, 0.1) is 13.2 Å². The number of ether oxygens (including phenoxy) is 1. The van der Waals surface area contributed by atoms with Gasteiger partial charge >= 0.3 is 0 Å². The minimum absolute atomic E-state index is 0.0872. The summed E-state index contributed by atoms with van der Waals surface area (Å²) in [5, 5.41) is 5.72. The van der Waals surface area contributed by atoms with E-state index in [0.29, 0.717) is 12.2 Å². The van der Waals surface area contributed by atoms with E-state index in [-0.39, 0.29) is 5.91 Å². The Balaban J connectivity index is 1.28. The van der Waals surface area contributed by atoms with Crippen LogP contribution in [0.3, 0.4) is 0 Å². The molecule has 30 heavy (non-hydrogen) atoms. The lowest BCUT2D eigenvalue weighted by atomic mass is 10.2. The van der Waals surface area contributed by atoms with Gasteiger partial charge in [0, 0.05) is 36.8 Å². The van der Waals surface area contributed by atoms with Crippen molar-refractivity contribution in [3.8, 4) is 10.6 Å². The van der Waals surface area contributed by atoms with Crippen molar-refractivity contribution in [2.24, 2.45) is 0 Å². The maximum Gasteiger partial charge on any atom is 0.270 e. The van der Waals surface area contributed by atoms with Crippen LogP contribution in [0.2, 0.25) is 0 Å². The van der Waals surface area contributed by atoms with Crippen molar-refractivity contribution in [3.05, 3.63) is 29.4 Å². The molecule has 2 aliphatic heterocycles. The Morgan fingerprint density at radius 1 is 1.13 bits per heavy atom. The van der Waals surface area contributed by atoms with Gasteiger partial charge in [-0.15, -0.1) is 11.3 Å². The maximum absolute atomic E-state index is 12.5. The van der Waals surface area contributed by atoms with Gasteiger partial charge in [0.25, 0.3) is 5.91 Å². The molecular weight excluding hydrogens is 398 g/mol. The number of carbonyl (C=O) groups excluding carboxylic acids is 1. The third kappa shape index (κ3) is 5.77. The standard InChI is InChI=1S/C22H31N5O2S/c28-21(24-7-5-11-26-9-3-1-2-4-10-26)19-17-30-22(25-19)18-6-8-23-20(16-18)27-12-14-29-15-13-27/h6,8,16-17H,1-5,7,9-15H2,(H,24,28). The summed E-state index contributed by atoms with van der Waals surface area (Å²) in [6.07, 6.45) is 8.10. The highest BCUT2D eigenvalue weighted by atomic mass is 32.1. The predicted octanol–water partition coefficient (Wildman–Crippen LogP) is 3.04. The summed E-state index contributed by atoms with van der Waals surface area (Å²) in [6.45, 7) is 7.29. The largest absolute Gasteiger partial charge is 0.378 e. The van der Waals surface area contributed by atoms with E-state index in [0.717, 1.165) is 55.7 Å². The molecule has 2 saturated heterocycles. The molecule has 2 aromatic rings. The molecule has 2 aromatic heterocycles. The number of pyridine rings is 1. The number of thiazole rings is 1. The van der Waals surface area contributed by atoms with E-state index in [4.69, 9.17) is 4.74 Å². The molecule has 8 heteroatoms. The number of nitrogens with one attached hydrogen (secondary N) is 1. The molecule has 2 fully saturated rings. The number of carbonyl (C=O) groups is 1. The van der Waals surface area contributed by atoms with Crippen LogP contribution in [0.5, 0.6) is 0 Å². The van der Waals surface area contributed by atoms with Crippen molar-refractivity contribution in [2.45, 2.75) is 32.1 Å². The van der Waals surface area contributed by atoms with Crippen LogP contribution in [-0.2, 0) is 4.74 Å². The Morgan fingerprint density at radius 2 is 1.93 bits per heavy atom. The molecule has 1 amide bonds. The minimum atomic E-state index is -0.0872. The van der Waals surface area contributed by atoms with Crippen molar-refractivity contribution in [1.82, 2.24) is 20.2 Å². The minimum Gasteiger partial charge on any atom is -0.378 e. The van der Waals surface area contributed by atoms with Crippen LogP contribution in [0, 0.1) is 0 Å². The third-order valence-corrected chi connectivity index (χ3v) is 6.59. The summed E-state index contributed by atoms with van der Waals surface area (Å²) in [6, 6.07) is 4.00. The van der Waals surface area contributed by atoms with Crippen molar-refractivity contribution >= 4 is 23.1 Å². The second-order valence-corrected chi connectivity index (χ2v) is 8.76. The van der Waals surface area contributed by atoms with Gasteiger partial charge in [-0.25, -0.2) is 9.97 Å². The van der Waals surface area contributed by atoms with Crippen molar-refractivity contribution in [2.75, 3.05) is 57.4 Å². The number of aromatic nitrogens is 2. The third-order valence-electron chi connectivity index (χ3n) is 5.70. The first kappa shape index (κ1) is 21.2. The van der Waals surface area contributed by atoms with Crippen LogP contribution in [0.25, 0.3) is 10.6 Å². The Hall–Kier alpha value is -2.03. The van der Waals surface area contributed by atoms with Crippen molar-refractivity contribution in [3.63, 3.8) is 0 Å². The molecule has 0 bridgehead atoms. The highest BCUT2D eigenvalue weighted by molar-refractivity contribution is 7.13. The van der Waals surface area contributed by atoms with Crippen LogP contribution in [0.15, 0.2) is 23.7 Å². The Morgan fingerprint density at radius 3 is 2.73 bits per heavy atom. The predicted molar refractivity (Wildman–Crippen MR) is 120 cm³/mol. The zero-order chi connectivity index (χ0) is 20.6. The molecule has 4 rings (SSSR count). The second kappa shape index (κ2) is 10.8. The lowest BCUT2D eigenvalue weighted by Gasteiger charge is -2.27. The zero-order valence-corrected chi connectivity index (χ0v) is 18.3. The van der Waals surface area contributed by atoms with E-state index in [1.807, 2.05) is 23.7 Å². The van der Waals surface area contributed by atoms with Crippen LogP contribution >= 0.6 is 11.3 Å². The molecule has 4 heterocycles. The van der Waals surface area contributed by atoms with E-state index in [1.54, 1.807) is 0 Å². The average Bonchev–Trinajstić information content (AvgIpc) is 3.15. The second-order valence-electron chi connectivity index (χ2n) is 7.91. The van der Waals surface area contributed by atoms with E-state index in [1.165, 1.54) is 50.1 Å². The van der Waals surface area contributed by atoms with Gasteiger partial charge in [-0.05, 0) is 51.0 Å². The quantitative estimate of drug-likeness (QED) is 0.682. The van der Waals surface area contributed by atoms with Crippen LogP contribution < -0.4 is 10.2 Å². The van der Waals surface area contributed by atoms with Crippen LogP contribution in [-0.4, -0.2) is 73.3 Å². The fourth-order valence-corrected chi connectivity index (χ4v) is 4.78. The first-order chi connectivity index (χ1) is 14.8. The fraction of sp³-hybridized carbons (Fsp3) is 0.591. The molecule has 1 N–H and O–H groups in total. The molecule has 0 unspecified atom stereocenters. The molecule has 0 aromatic carbocycles. The monoisotopic (exact) mass is 429 g/mol. The Labute approximate surface area is 182 Å². The number of hydrogen-bond donors (Lipinski definition) is 1. The normalized spacial score (nSPS) is 18.2. The molecule has 162 valence electrons. The maximum atomic E-state index is 12.5. The number of nitrogens with zero attached hydrogens (tertiary/aromatic N) is 4. The first-order valence-electron chi connectivity index (χ1n) is 11.0. The van der Waals surface area contributed by atoms with Crippen LogP contribution in [0.1, 0.15) is 42.6 Å². The van der Waals surface area contributed by atoms with Gasteiger partial charge in [0.1, 0.15) is 16.5 Å². The molecule has 0 atom stereocenters. The SMILES string of the molecule is O=C(NCCCN1CCCCCC1)c1csc(-c2ccnc(N3CCOCC3)c2)n1. The number of hydrogen-bond acceptors (Lipinski definition) is 7. The molecular formula is C22H31N5O2S. The summed E-state index contributed by atoms with van der Waals surface area (Å²) in [7, 11) is 0. The fourth-order valence-electron chi connectivity index (χ4n) is 3.98. The van der Waals surface area contributed by atoms with Crippen LogP contribution in [0.4, 0.5) is 5.82 Å². The Kier molecular flexibility index (Phi) is 7.66.